The first-order valence-electron chi connectivity index (χ1n) is 6.72. The summed E-state index contributed by atoms with van der Waals surface area (Å²) in [6, 6.07) is 2.05. The topological polar surface area (TPSA) is 55.1 Å². The van der Waals surface area contributed by atoms with Crippen molar-refractivity contribution < 1.29 is 4.79 Å². The monoisotopic (exact) mass is 302 g/mol. The van der Waals surface area contributed by atoms with Crippen molar-refractivity contribution in [1.29, 1.82) is 0 Å². The maximum absolute atomic E-state index is 12.0. The number of hydrogen-bond donors (Lipinski definition) is 2. The molecule has 0 atom stereocenters. The molecule has 1 amide bonds. The van der Waals surface area contributed by atoms with E-state index in [1.165, 1.54) is 24.8 Å². The molecule has 0 bridgehead atoms. The molecule has 108 valence electrons. The highest BCUT2D eigenvalue weighted by molar-refractivity contribution is 7.07. The van der Waals surface area contributed by atoms with Crippen molar-refractivity contribution in [3.63, 3.8) is 0 Å². The zero-order valence-corrected chi connectivity index (χ0v) is 12.8. The van der Waals surface area contributed by atoms with Crippen molar-refractivity contribution in [2.24, 2.45) is 11.1 Å². The Morgan fingerprint density at radius 3 is 2.68 bits per heavy atom. The Hall–Kier alpha value is -0.580. The molecule has 0 unspecified atom stereocenters. The van der Waals surface area contributed by atoms with E-state index >= 15 is 0 Å². The van der Waals surface area contributed by atoms with Gasteiger partial charge in [-0.15, -0.1) is 12.4 Å². The Kier molecular flexibility index (Phi) is 6.83. The molecule has 1 heterocycles. The highest BCUT2D eigenvalue weighted by atomic mass is 35.5. The summed E-state index contributed by atoms with van der Waals surface area (Å²) in [5.41, 5.74) is 7.14. The average Bonchev–Trinajstić information content (AvgIpc) is 2.91. The standard InChI is InChI=1S/C14H22N2OS.ClH/c15-11-14(5-2-1-3-6-14)8-13(17)16-9-12-4-7-18-10-12;/h4,7,10H,1-3,5-6,8-9,11,15H2,(H,16,17);1H. The van der Waals surface area contributed by atoms with Gasteiger partial charge < -0.3 is 11.1 Å². The summed E-state index contributed by atoms with van der Waals surface area (Å²) in [6.07, 6.45) is 6.53. The molecule has 3 N–H and O–H groups in total. The lowest BCUT2D eigenvalue weighted by Gasteiger charge is -2.35. The first-order valence-corrected chi connectivity index (χ1v) is 7.66. The van der Waals surface area contributed by atoms with Crippen molar-refractivity contribution in [1.82, 2.24) is 5.32 Å². The van der Waals surface area contributed by atoms with Gasteiger partial charge in [0.2, 0.25) is 5.91 Å². The smallest absolute Gasteiger partial charge is 0.220 e. The van der Waals surface area contributed by atoms with Crippen LogP contribution in [0.25, 0.3) is 0 Å². The molecule has 0 aromatic carbocycles. The lowest BCUT2D eigenvalue weighted by atomic mass is 9.71. The third-order valence-electron chi connectivity index (χ3n) is 3.95. The van der Waals surface area contributed by atoms with Crippen molar-refractivity contribution in [2.45, 2.75) is 45.1 Å². The zero-order chi connectivity index (χ0) is 12.8. The van der Waals surface area contributed by atoms with Gasteiger partial charge in [0.15, 0.2) is 0 Å². The van der Waals surface area contributed by atoms with Gasteiger partial charge in [-0.1, -0.05) is 19.3 Å². The van der Waals surface area contributed by atoms with E-state index in [0.29, 0.717) is 19.5 Å². The molecule has 0 saturated heterocycles. The molecule has 1 aliphatic carbocycles. The summed E-state index contributed by atoms with van der Waals surface area (Å²) in [7, 11) is 0. The van der Waals surface area contributed by atoms with Gasteiger partial charge in [0.05, 0.1) is 0 Å². The third kappa shape index (κ3) is 4.79. The molecule has 5 heteroatoms. The summed E-state index contributed by atoms with van der Waals surface area (Å²) in [4.78, 5) is 12.0. The molecule has 0 aliphatic heterocycles. The first-order chi connectivity index (χ1) is 8.74. The molecule has 19 heavy (non-hydrogen) atoms. The van der Waals surface area contributed by atoms with E-state index in [-0.39, 0.29) is 23.7 Å². The Bertz CT molecular complexity index is 375. The predicted octanol–water partition coefficient (Wildman–Crippen LogP) is 3.09. The molecular formula is C14H23ClN2OS. The van der Waals surface area contributed by atoms with Gasteiger partial charge in [-0.05, 0) is 47.2 Å². The van der Waals surface area contributed by atoms with Crippen LogP contribution in [0.1, 0.15) is 44.1 Å². The van der Waals surface area contributed by atoms with Crippen LogP contribution in [0.2, 0.25) is 0 Å². The number of carbonyl (C=O) groups excluding carboxylic acids is 1. The molecule has 1 fully saturated rings. The number of halogens is 1. The van der Waals surface area contributed by atoms with Crippen LogP contribution >= 0.6 is 23.7 Å². The van der Waals surface area contributed by atoms with Crippen LogP contribution in [-0.2, 0) is 11.3 Å². The molecule has 0 spiro atoms. The summed E-state index contributed by atoms with van der Waals surface area (Å²) in [5, 5.41) is 7.10. The van der Waals surface area contributed by atoms with Gasteiger partial charge in [0.25, 0.3) is 0 Å². The SMILES string of the molecule is Cl.NCC1(CC(=O)NCc2ccsc2)CCCCC1. The molecule has 3 nitrogen and oxygen atoms in total. The molecule has 1 aliphatic rings. The van der Waals surface area contributed by atoms with Crippen LogP contribution in [-0.4, -0.2) is 12.5 Å². The fourth-order valence-electron chi connectivity index (χ4n) is 2.75. The predicted molar refractivity (Wildman–Crippen MR) is 82.6 cm³/mol. The van der Waals surface area contributed by atoms with Gasteiger partial charge >= 0.3 is 0 Å². The van der Waals surface area contributed by atoms with Crippen LogP contribution in [0.5, 0.6) is 0 Å². The van der Waals surface area contributed by atoms with Gasteiger partial charge in [0, 0.05) is 13.0 Å². The number of nitrogens with two attached hydrogens (primary N) is 1. The molecule has 1 aromatic heterocycles. The summed E-state index contributed by atoms with van der Waals surface area (Å²) in [6.45, 7) is 1.28. The second-order valence-corrected chi connectivity index (χ2v) is 6.13. The van der Waals surface area contributed by atoms with Crippen LogP contribution < -0.4 is 11.1 Å². The maximum atomic E-state index is 12.0. The van der Waals surface area contributed by atoms with E-state index in [2.05, 4.69) is 10.7 Å². The van der Waals surface area contributed by atoms with E-state index in [1.54, 1.807) is 11.3 Å². The number of carbonyl (C=O) groups is 1. The van der Waals surface area contributed by atoms with Gasteiger partial charge in [-0.3, -0.25) is 4.79 Å². The van der Waals surface area contributed by atoms with Crippen molar-refractivity contribution in [3.05, 3.63) is 22.4 Å². The van der Waals surface area contributed by atoms with E-state index in [0.717, 1.165) is 12.8 Å². The normalized spacial score (nSPS) is 17.5. The fraction of sp³-hybridized carbons (Fsp3) is 0.643. The minimum atomic E-state index is 0. The molecule has 1 aromatic rings. The van der Waals surface area contributed by atoms with Gasteiger partial charge in [-0.25, -0.2) is 0 Å². The summed E-state index contributed by atoms with van der Waals surface area (Å²) < 4.78 is 0. The highest BCUT2D eigenvalue weighted by Crippen LogP contribution is 2.38. The van der Waals surface area contributed by atoms with Gasteiger partial charge in [-0.2, -0.15) is 11.3 Å². The van der Waals surface area contributed by atoms with Crippen molar-refractivity contribution in [2.75, 3.05) is 6.54 Å². The highest BCUT2D eigenvalue weighted by Gasteiger charge is 2.32. The fourth-order valence-corrected chi connectivity index (χ4v) is 3.42. The quantitative estimate of drug-likeness (QED) is 0.878. The van der Waals surface area contributed by atoms with E-state index in [1.807, 2.05) is 11.4 Å². The number of amides is 1. The second-order valence-electron chi connectivity index (χ2n) is 5.35. The minimum absolute atomic E-state index is 0. The molecule has 0 radical (unpaired) electrons. The lowest BCUT2D eigenvalue weighted by Crippen LogP contribution is -2.38. The third-order valence-corrected chi connectivity index (χ3v) is 4.68. The van der Waals surface area contributed by atoms with Crippen molar-refractivity contribution in [3.8, 4) is 0 Å². The minimum Gasteiger partial charge on any atom is -0.352 e. The Morgan fingerprint density at radius 2 is 2.11 bits per heavy atom. The number of hydrogen-bond acceptors (Lipinski definition) is 3. The van der Waals surface area contributed by atoms with E-state index in [4.69, 9.17) is 5.73 Å². The van der Waals surface area contributed by atoms with Crippen LogP contribution in [0, 0.1) is 5.41 Å². The second kappa shape index (κ2) is 7.88. The number of thiophene rings is 1. The van der Waals surface area contributed by atoms with Crippen LogP contribution in [0.15, 0.2) is 16.8 Å². The number of nitrogens with one attached hydrogen (secondary N) is 1. The molecule has 1 saturated carbocycles. The first kappa shape index (κ1) is 16.5. The summed E-state index contributed by atoms with van der Waals surface area (Å²) >= 11 is 1.66. The average molecular weight is 303 g/mol. The van der Waals surface area contributed by atoms with Crippen LogP contribution in [0.3, 0.4) is 0 Å². The molecule has 2 rings (SSSR count). The van der Waals surface area contributed by atoms with E-state index in [9.17, 15) is 4.79 Å². The van der Waals surface area contributed by atoms with E-state index < -0.39 is 0 Å². The largest absolute Gasteiger partial charge is 0.352 e. The Morgan fingerprint density at radius 1 is 1.37 bits per heavy atom. The van der Waals surface area contributed by atoms with Crippen LogP contribution in [0.4, 0.5) is 0 Å². The Balaban J connectivity index is 0.00000180. The number of rotatable bonds is 5. The zero-order valence-electron chi connectivity index (χ0n) is 11.2. The Labute approximate surface area is 125 Å². The maximum Gasteiger partial charge on any atom is 0.220 e. The van der Waals surface area contributed by atoms with Gasteiger partial charge in [0.1, 0.15) is 0 Å². The lowest BCUT2D eigenvalue weighted by molar-refractivity contribution is -0.124. The molecular weight excluding hydrogens is 280 g/mol. The van der Waals surface area contributed by atoms with Crippen molar-refractivity contribution >= 4 is 29.7 Å². The summed E-state index contributed by atoms with van der Waals surface area (Å²) in [5.74, 6) is 0.147.